The molecule has 0 aliphatic heterocycles. The molecule has 13 heavy (non-hydrogen) atoms. The summed E-state index contributed by atoms with van der Waals surface area (Å²) in [7, 11) is 0. The van der Waals surface area contributed by atoms with E-state index in [0.29, 0.717) is 0 Å². The second-order valence-corrected chi connectivity index (χ2v) is 2.72. The summed E-state index contributed by atoms with van der Waals surface area (Å²) >= 11 is 0. The summed E-state index contributed by atoms with van der Waals surface area (Å²) in [5, 5.41) is 16.9. The zero-order valence-corrected chi connectivity index (χ0v) is 7.56. The quantitative estimate of drug-likeness (QED) is 0.374. The topological polar surface area (TPSA) is 74.6 Å². The van der Waals surface area contributed by atoms with Crippen LogP contribution in [0.3, 0.4) is 0 Å². The molecule has 0 aliphatic rings. The Bertz CT molecular complexity index is 194. The highest BCUT2D eigenvalue weighted by Gasteiger charge is 2.21. The smallest absolute Gasteiger partial charge is 0.321 e. The summed E-state index contributed by atoms with van der Waals surface area (Å²) in [4.78, 5) is 20.7. The van der Waals surface area contributed by atoms with Crippen molar-refractivity contribution in [3.63, 3.8) is 0 Å². The van der Waals surface area contributed by atoms with Crippen LogP contribution in [0.25, 0.3) is 0 Å². The third-order valence-corrected chi connectivity index (χ3v) is 1.58. The van der Waals surface area contributed by atoms with Crippen molar-refractivity contribution in [2.24, 2.45) is 5.92 Å². The summed E-state index contributed by atoms with van der Waals surface area (Å²) < 4.78 is 0. The van der Waals surface area contributed by atoms with Gasteiger partial charge in [0.1, 0.15) is 0 Å². The fourth-order valence-electron chi connectivity index (χ4n) is 0.825. The van der Waals surface area contributed by atoms with Gasteiger partial charge in [0, 0.05) is 0 Å². The molecule has 2 N–H and O–H groups in total. The molecule has 0 spiro atoms. The van der Waals surface area contributed by atoms with Crippen LogP contribution < -0.4 is 0 Å². The van der Waals surface area contributed by atoms with Crippen molar-refractivity contribution < 1.29 is 19.8 Å². The van der Waals surface area contributed by atoms with Crippen molar-refractivity contribution in [2.45, 2.75) is 26.2 Å². The molecule has 0 bridgehead atoms. The lowest BCUT2D eigenvalue weighted by Crippen LogP contribution is -2.20. The first-order chi connectivity index (χ1) is 6.09. The van der Waals surface area contributed by atoms with E-state index in [2.05, 4.69) is 0 Å². The lowest BCUT2D eigenvalue weighted by molar-refractivity contribution is -0.151. The van der Waals surface area contributed by atoms with Gasteiger partial charge in [0.05, 0.1) is 0 Å². The van der Waals surface area contributed by atoms with E-state index >= 15 is 0 Å². The Morgan fingerprint density at radius 3 is 2.23 bits per heavy atom. The average Bonchev–Trinajstić information content (AvgIpc) is 2.02. The van der Waals surface area contributed by atoms with Gasteiger partial charge in [-0.1, -0.05) is 31.9 Å². The van der Waals surface area contributed by atoms with Crippen LogP contribution in [-0.4, -0.2) is 22.2 Å². The highest BCUT2D eigenvalue weighted by Crippen LogP contribution is 2.02. The highest BCUT2D eigenvalue weighted by atomic mass is 16.4. The van der Waals surface area contributed by atoms with Crippen molar-refractivity contribution in [1.82, 2.24) is 0 Å². The lowest BCUT2D eigenvalue weighted by atomic mass is 10.1. The predicted octanol–water partition coefficient (Wildman–Crippen LogP) is 1.52. The molecule has 0 saturated carbocycles. The second-order valence-electron chi connectivity index (χ2n) is 2.72. The molecule has 0 aromatic rings. The van der Waals surface area contributed by atoms with Crippen LogP contribution in [0.15, 0.2) is 12.2 Å². The molecule has 4 heteroatoms. The minimum absolute atomic E-state index is 0.730. The van der Waals surface area contributed by atoms with Crippen LogP contribution in [0.1, 0.15) is 26.2 Å². The van der Waals surface area contributed by atoms with Crippen LogP contribution in [0, 0.1) is 5.92 Å². The van der Waals surface area contributed by atoms with E-state index in [9.17, 15) is 9.59 Å². The fraction of sp³-hybridized carbons (Fsp3) is 0.556. The number of carboxylic acids is 2. The van der Waals surface area contributed by atoms with Gasteiger partial charge in [-0.25, -0.2) is 0 Å². The SMILES string of the molecule is CCCCC=CC(C(=O)O)C(=O)O. The van der Waals surface area contributed by atoms with Crippen molar-refractivity contribution in [1.29, 1.82) is 0 Å². The summed E-state index contributed by atoms with van der Waals surface area (Å²) in [5.41, 5.74) is 0. The predicted molar refractivity (Wildman–Crippen MR) is 47.4 cm³/mol. The Morgan fingerprint density at radius 1 is 1.31 bits per heavy atom. The van der Waals surface area contributed by atoms with Gasteiger partial charge >= 0.3 is 11.9 Å². The molecule has 0 aromatic carbocycles. The Kier molecular flexibility index (Phi) is 5.59. The average molecular weight is 186 g/mol. The van der Waals surface area contributed by atoms with Crippen molar-refractivity contribution in [3.05, 3.63) is 12.2 Å². The van der Waals surface area contributed by atoms with Crippen LogP contribution in [0.2, 0.25) is 0 Å². The van der Waals surface area contributed by atoms with Crippen LogP contribution >= 0.6 is 0 Å². The van der Waals surface area contributed by atoms with Crippen LogP contribution in [0.5, 0.6) is 0 Å². The van der Waals surface area contributed by atoms with Gasteiger partial charge in [0.2, 0.25) is 0 Å². The summed E-state index contributed by atoms with van der Waals surface area (Å²) in [6.07, 6.45) is 5.52. The number of unbranched alkanes of at least 4 members (excludes halogenated alkanes) is 2. The molecule has 74 valence electrons. The number of carboxylic acid groups (broad SMARTS) is 2. The first kappa shape index (κ1) is 11.7. The van der Waals surface area contributed by atoms with Gasteiger partial charge in [0.25, 0.3) is 0 Å². The number of carbonyl (C=O) groups is 2. The molecule has 0 amide bonds. The molecule has 0 aromatic heterocycles. The Labute approximate surface area is 76.9 Å². The molecular weight excluding hydrogens is 172 g/mol. The first-order valence-electron chi connectivity index (χ1n) is 4.21. The Balaban J connectivity index is 4.03. The number of hydrogen-bond donors (Lipinski definition) is 2. The van der Waals surface area contributed by atoms with Crippen molar-refractivity contribution >= 4 is 11.9 Å². The maximum absolute atomic E-state index is 10.4. The molecule has 0 unspecified atom stereocenters. The third kappa shape index (κ3) is 5.00. The standard InChI is InChI=1S/C9H14O4/c1-2-3-4-5-6-7(8(10)11)9(12)13/h5-7H,2-4H2,1H3,(H,10,11)(H,12,13). The lowest BCUT2D eigenvalue weighted by Gasteiger charge is -1.99. The van der Waals surface area contributed by atoms with Gasteiger partial charge in [-0.3, -0.25) is 9.59 Å². The Hall–Kier alpha value is -1.32. The summed E-state index contributed by atoms with van der Waals surface area (Å²) in [6.45, 7) is 2.01. The minimum Gasteiger partial charge on any atom is -0.480 e. The molecule has 0 heterocycles. The number of allylic oxidation sites excluding steroid dienone is 1. The number of rotatable bonds is 6. The van der Waals surface area contributed by atoms with Gasteiger partial charge in [-0.05, 0) is 6.42 Å². The van der Waals surface area contributed by atoms with E-state index < -0.39 is 17.9 Å². The molecule has 0 atom stereocenters. The van der Waals surface area contributed by atoms with Gasteiger partial charge in [-0.15, -0.1) is 0 Å². The van der Waals surface area contributed by atoms with E-state index in [1.165, 1.54) is 6.08 Å². The molecule has 0 rings (SSSR count). The Morgan fingerprint density at radius 2 is 1.85 bits per heavy atom. The van der Waals surface area contributed by atoms with E-state index in [1.54, 1.807) is 6.08 Å². The zero-order valence-electron chi connectivity index (χ0n) is 7.56. The van der Waals surface area contributed by atoms with Gasteiger partial charge in [0.15, 0.2) is 5.92 Å². The van der Waals surface area contributed by atoms with Crippen molar-refractivity contribution in [3.8, 4) is 0 Å². The molecular formula is C9H14O4. The van der Waals surface area contributed by atoms with E-state index in [1.807, 2.05) is 6.92 Å². The first-order valence-corrected chi connectivity index (χ1v) is 4.21. The van der Waals surface area contributed by atoms with E-state index in [0.717, 1.165) is 19.3 Å². The fourth-order valence-corrected chi connectivity index (χ4v) is 0.825. The molecule has 0 saturated heterocycles. The number of hydrogen-bond acceptors (Lipinski definition) is 2. The zero-order chi connectivity index (χ0) is 10.3. The monoisotopic (exact) mass is 186 g/mol. The number of aliphatic carboxylic acids is 2. The normalized spacial score (nSPS) is 10.9. The molecule has 0 radical (unpaired) electrons. The molecule has 0 aliphatic carbocycles. The highest BCUT2D eigenvalue weighted by molar-refractivity contribution is 5.94. The van der Waals surface area contributed by atoms with Crippen molar-refractivity contribution in [2.75, 3.05) is 0 Å². The molecule has 4 nitrogen and oxygen atoms in total. The summed E-state index contributed by atoms with van der Waals surface area (Å²) in [6, 6.07) is 0. The maximum Gasteiger partial charge on any atom is 0.321 e. The molecule has 0 fully saturated rings. The minimum atomic E-state index is -1.41. The largest absolute Gasteiger partial charge is 0.480 e. The van der Waals surface area contributed by atoms with Gasteiger partial charge < -0.3 is 10.2 Å². The van der Waals surface area contributed by atoms with Gasteiger partial charge in [-0.2, -0.15) is 0 Å². The summed E-state index contributed by atoms with van der Waals surface area (Å²) in [5.74, 6) is -4.04. The van der Waals surface area contributed by atoms with E-state index in [4.69, 9.17) is 10.2 Å². The van der Waals surface area contributed by atoms with Crippen LogP contribution in [0.4, 0.5) is 0 Å². The maximum atomic E-state index is 10.4. The third-order valence-electron chi connectivity index (χ3n) is 1.58. The second kappa shape index (κ2) is 6.22. The van der Waals surface area contributed by atoms with E-state index in [-0.39, 0.29) is 0 Å². The van der Waals surface area contributed by atoms with Crippen LogP contribution in [-0.2, 0) is 9.59 Å².